The van der Waals surface area contributed by atoms with Crippen molar-refractivity contribution in [1.29, 1.82) is 0 Å². The summed E-state index contributed by atoms with van der Waals surface area (Å²) in [6.45, 7) is 18.0. The SMILES string of the molecule is CCC(C)c1[nH]c2ccc(C(F)=C(OC)c3cc(F)c(F)c(F)c3)cc2c1C1=CCN2CCCC2C1.CCCCc1sc2ccc(C(OC)=C(CC)c3ccc(OC)c4ccccc34)cc2c1C1CCN(C(C)C)CC1. The molecule has 0 aliphatic carbocycles. The number of hydrogen-bond acceptors (Lipinski definition) is 6. The predicted molar refractivity (Wildman–Crippen MR) is 309 cm³/mol. The molecule has 11 heteroatoms. The number of nitrogens with zero attached hydrogens (tertiary/aromatic N) is 2. The molecular formula is C65H75F4N3O3S. The van der Waals surface area contributed by atoms with Gasteiger partial charge in [-0.1, -0.05) is 70.5 Å². The predicted octanol–water partition coefficient (Wildman–Crippen LogP) is 17.7. The van der Waals surface area contributed by atoms with Crippen LogP contribution in [0.15, 0.2) is 91.0 Å². The zero-order chi connectivity index (χ0) is 53.8. The number of methoxy groups -OCH3 is 3. The van der Waals surface area contributed by atoms with Crippen LogP contribution in [-0.4, -0.2) is 74.4 Å². The number of hydrogen-bond donors (Lipinski definition) is 1. The molecular weight excluding hydrogens is 979 g/mol. The summed E-state index contributed by atoms with van der Waals surface area (Å²) in [7, 11) is 4.78. The zero-order valence-corrected chi connectivity index (χ0v) is 46.7. The first-order valence-electron chi connectivity index (χ1n) is 27.6. The fourth-order valence-corrected chi connectivity index (χ4v) is 13.5. The number of aromatic nitrogens is 1. The molecule has 0 amide bonds. The van der Waals surface area contributed by atoms with Gasteiger partial charge in [0.1, 0.15) is 11.5 Å². The number of allylic oxidation sites excluding steroid dienone is 1. The van der Waals surface area contributed by atoms with Crippen LogP contribution in [0.2, 0.25) is 0 Å². The van der Waals surface area contributed by atoms with E-state index in [1.165, 1.54) is 103 Å². The summed E-state index contributed by atoms with van der Waals surface area (Å²) < 4.78 is 75.4. The molecule has 1 N–H and O–H groups in total. The maximum atomic E-state index is 15.7. The molecule has 0 saturated carbocycles. The number of H-pyrrole nitrogens is 1. The number of halogens is 4. The Labute approximate surface area is 451 Å². The highest BCUT2D eigenvalue weighted by Crippen LogP contribution is 2.45. The molecule has 6 nitrogen and oxygen atoms in total. The Morgan fingerprint density at radius 2 is 1.47 bits per heavy atom. The highest BCUT2D eigenvalue weighted by molar-refractivity contribution is 7.19. The van der Waals surface area contributed by atoms with Crippen molar-refractivity contribution in [3.05, 3.63) is 152 Å². The molecule has 76 heavy (non-hydrogen) atoms. The number of thiophene rings is 1. The number of fused-ring (bicyclic) bond motifs is 4. The second-order valence-corrected chi connectivity index (χ2v) is 22.3. The number of nitrogens with one attached hydrogen (secondary N) is 1. The Morgan fingerprint density at radius 3 is 2.14 bits per heavy atom. The van der Waals surface area contributed by atoms with Crippen molar-refractivity contribution in [3.8, 4) is 5.75 Å². The average molecular weight is 1050 g/mol. The van der Waals surface area contributed by atoms with Crippen molar-refractivity contribution >= 4 is 71.6 Å². The fourth-order valence-electron chi connectivity index (χ4n) is 12.1. The Morgan fingerprint density at radius 1 is 0.763 bits per heavy atom. The Bertz CT molecular complexity index is 3280. The van der Waals surface area contributed by atoms with Crippen LogP contribution < -0.4 is 4.74 Å². The van der Waals surface area contributed by atoms with Gasteiger partial charge in [0.05, 0.1) is 21.3 Å². The summed E-state index contributed by atoms with van der Waals surface area (Å²) >= 11 is 2.02. The van der Waals surface area contributed by atoms with Crippen LogP contribution in [0.3, 0.4) is 0 Å². The summed E-state index contributed by atoms with van der Waals surface area (Å²) in [5, 5.41) is 4.68. The van der Waals surface area contributed by atoms with E-state index in [1.54, 1.807) is 29.7 Å². The standard InChI is InChI=1S/C36H45NO2S.C29H30F4N2O/c1-7-9-14-34-35(25-19-21-37(22-20-25)24(3)4)31-23-26(15-18-33(31)40-34)36(39-6)27(8-2)29-16-17-32(38-5)30-13-11-10-12-28(29)30;1-4-16(2)28-25(17-9-11-35-10-5-6-20(35)12-17)21-13-18(7-8-24(21)34-28)26(32)29(36-3)19-14-22(30)27(33)23(31)15-19/h10-13,15-18,23-25H,7-9,14,19-22H2,1-6H3;7-9,13-16,20,34H,4-6,10-12H2,1-3H3. The van der Waals surface area contributed by atoms with Crippen molar-refractivity contribution in [2.45, 2.75) is 130 Å². The zero-order valence-electron chi connectivity index (χ0n) is 45.9. The van der Waals surface area contributed by atoms with E-state index in [0.717, 1.165) is 83.5 Å². The number of rotatable bonds is 16. The van der Waals surface area contributed by atoms with E-state index in [1.807, 2.05) is 24.5 Å². The molecule has 0 bridgehead atoms. The van der Waals surface area contributed by atoms with Gasteiger partial charge >= 0.3 is 0 Å². The lowest BCUT2D eigenvalue weighted by Crippen LogP contribution is -2.37. The van der Waals surface area contributed by atoms with Gasteiger partial charge in [0, 0.05) is 78.0 Å². The summed E-state index contributed by atoms with van der Waals surface area (Å²) in [6, 6.07) is 27.7. The number of unbranched alkanes of at least 4 members (excludes halogenated alkanes) is 1. The minimum absolute atomic E-state index is 0.211. The van der Waals surface area contributed by atoms with Crippen LogP contribution in [0.5, 0.6) is 5.75 Å². The van der Waals surface area contributed by atoms with Gasteiger partial charge in [0.25, 0.3) is 0 Å². The van der Waals surface area contributed by atoms with Crippen LogP contribution in [0.25, 0.3) is 60.3 Å². The van der Waals surface area contributed by atoms with Crippen molar-refractivity contribution < 1.29 is 31.8 Å². The first kappa shape index (κ1) is 54.9. The van der Waals surface area contributed by atoms with Crippen molar-refractivity contribution in [3.63, 3.8) is 0 Å². The molecule has 2 fully saturated rings. The summed E-state index contributed by atoms with van der Waals surface area (Å²) in [4.78, 5) is 10.3. The van der Waals surface area contributed by atoms with Crippen molar-refractivity contribution in [2.24, 2.45) is 0 Å². The fraction of sp³-hybridized carbons (Fsp3) is 0.415. The van der Waals surface area contributed by atoms with Gasteiger partial charge in [-0.3, -0.25) is 4.90 Å². The van der Waals surface area contributed by atoms with E-state index < -0.39 is 23.3 Å². The van der Waals surface area contributed by atoms with E-state index in [-0.39, 0.29) is 16.9 Å². The summed E-state index contributed by atoms with van der Waals surface area (Å²) in [6.07, 6.45) is 13.7. The van der Waals surface area contributed by atoms with E-state index in [2.05, 4.69) is 117 Å². The maximum Gasteiger partial charge on any atom is 0.194 e. The Kier molecular flexibility index (Phi) is 17.5. The lowest BCUT2D eigenvalue weighted by atomic mass is 9.85. The van der Waals surface area contributed by atoms with E-state index >= 15 is 4.39 Å². The number of benzene rings is 5. The molecule has 5 heterocycles. The highest BCUT2D eigenvalue weighted by atomic mass is 32.1. The molecule has 2 aromatic heterocycles. The van der Waals surface area contributed by atoms with Crippen LogP contribution in [0.1, 0.15) is 155 Å². The third-order valence-corrected chi connectivity index (χ3v) is 17.7. The van der Waals surface area contributed by atoms with Gasteiger partial charge in [-0.05, 0) is 185 Å². The number of aromatic amines is 1. The minimum Gasteiger partial charge on any atom is -0.496 e. The van der Waals surface area contributed by atoms with Gasteiger partial charge in [-0.25, -0.2) is 17.6 Å². The number of piperidine rings is 1. The first-order chi connectivity index (χ1) is 36.8. The number of ether oxygens (including phenoxy) is 3. The summed E-state index contributed by atoms with van der Waals surface area (Å²) in [5.41, 5.74) is 9.70. The second-order valence-electron chi connectivity index (χ2n) is 21.2. The largest absolute Gasteiger partial charge is 0.496 e. The van der Waals surface area contributed by atoms with Gasteiger partial charge in [-0.15, -0.1) is 11.3 Å². The van der Waals surface area contributed by atoms with Gasteiger partial charge < -0.3 is 24.1 Å². The third-order valence-electron chi connectivity index (χ3n) is 16.4. The maximum absolute atomic E-state index is 15.7. The van der Waals surface area contributed by atoms with Crippen LogP contribution >= 0.6 is 11.3 Å². The molecule has 3 aliphatic rings. The van der Waals surface area contributed by atoms with Crippen molar-refractivity contribution in [2.75, 3.05) is 47.5 Å². The van der Waals surface area contributed by atoms with Crippen molar-refractivity contribution in [1.82, 2.24) is 14.8 Å². The third kappa shape index (κ3) is 11.0. The van der Waals surface area contributed by atoms with Gasteiger partial charge in [0.15, 0.2) is 29.0 Å². The molecule has 2 atom stereocenters. The van der Waals surface area contributed by atoms with Gasteiger partial charge in [-0.2, -0.15) is 0 Å². The molecule has 3 aliphatic heterocycles. The summed E-state index contributed by atoms with van der Waals surface area (Å²) in [5.74, 6) is -2.74. The smallest absolute Gasteiger partial charge is 0.194 e. The van der Waals surface area contributed by atoms with E-state index in [9.17, 15) is 13.2 Å². The Hall–Kier alpha value is -5.88. The van der Waals surface area contributed by atoms with Gasteiger partial charge in [0.2, 0.25) is 0 Å². The molecule has 0 spiro atoms. The van der Waals surface area contributed by atoms with Crippen LogP contribution in [-0.2, 0) is 15.9 Å². The molecule has 2 unspecified atom stereocenters. The molecule has 2 saturated heterocycles. The second kappa shape index (κ2) is 24.2. The molecule has 5 aromatic carbocycles. The monoisotopic (exact) mass is 1050 g/mol. The quantitative estimate of drug-likeness (QED) is 0.0452. The van der Waals surface area contributed by atoms with E-state index in [4.69, 9.17) is 14.2 Å². The van der Waals surface area contributed by atoms with Crippen LogP contribution in [0.4, 0.5) is 17.6 Å². The van der Waals surface area contributed by atoms with E-state index in [0.29, 0.717) is 23.9 Å². The molecule has 0 radical (unpaired) electrons. The molecule has 7 aromatic rings. The topological polar surface area (TPSA) is 50.0 Å². The molecule has 10 rings (SSSR count). The highest BCUT2D eigenvalue weighted by Gasteiger charge is 2.32. The number of likely N-dealkylation sites (tertiary alicyclic amines) is 1. The minimum atomic E-state index is -1.60. The number of aryl methyl sites for hydroxylation is 1. The average Bonchev–Trinajstić information content (AvgIpc) is 4.23. The van der Waals surface area contributed by atoms with Crippen LogP contribution in [0, 0.1) is 17.5 Å². The first-order valence-corrected chi connectivity index (χ1v) is 28.4. The molecule has 402 valence electrons. The normalized spacial score (nSPS) is 17.6. The lowest BCUT2D eigenvalue weighted by Gasteiger charge is -2.35. The lowest BCUT2D eigenvalue weighted by molar-refractivity contribution is 0.172. The Balaban J connectivity index is 0.000000187.